The van der Waals surface area contributed by atoms with E-state index in [1.54, 1.807) is 6.92 Å². The minimum atomic E-state index is -0.762. The van der Waals surface area contributed by atoms with Crippen LogP contribution >= 0.6 is 0 Å². The predicted octanol–water partition coefficient (Wildman–Crippen LogP) is 4.40. The van der Waals surface area contributed by atoms with Crippen LogP contribution in [-0.2, 0) is 4.79 Å². The lowest BCUT2D eigenvalue weighted by molar-refractivity contribution is -0.132. The van der Waals surface area contributed by atoms with Gasteiger partial charge in [0.25, 0.3) is 0 Å². The fourth-order valence-electron chi connectivity index (χ4n) is 2.01. The molecule has 0 aliphatic rings. The van der Waals surface area contributed by atoms with Crippen LogP contribution in [0.3, 0.4) is 0 Å². The van der Waals surface area contributed by atoms with Gasteiger partial charge in [-0.25, -0.2) is 4.79 Å². The molecule has 0 aromatic heterocycles. The molecule has 1 unspecified atom stereocenters. The van der Waals surface area contributed by atoms with E-state index in [1.165, 1.54) is 19.3 Å². The fraction of sp³-hybridized carbons (Fsp3) is 0.786. The molecule has 0 saturated carbocycles. The van der Waals surface area contributed by atoms with Crippen LogP contribution in [0.2, 0.25) is 0 Å². The summed E-state index contributed by atoms with van der Waals surface area (Å²) >= 11 is 0. The molecule has 0 radical (unpaired) electrons. The lowest BCUT2D eigenvalue weighted by atomic mass is 9.89. The first-order chi connectivity index (χ1) is 7.56. The molecule has 0 aromatic carbocycles. The fourth-order valence-corrected chi connectivity index (χ4v) is 2.01. The Morgan fingerprint density at radius 1 is 1.25 bits per heavy atom. The smallest absolute Gasteiger partial charge is 0.331 e. The molecular weight excluding hydrogens is 200 g/mol. The van der Waals surface area contributed by atoms with E-state index in [1.807, 2.05) is 6.92 Å². The van der Waals surface area contributed by atoms with Gasteiger partial charge >= 0.3 is 5.97 Å². The second kappa shape index (κ2) is 8.37. The van der Waals surface area contributed by atoms with Crippen LogP contribution in [0.5, 0.6) is 0 Å². The standard InChI is InChI=1S/C14H26O2/c1-5-8-9-12(6-2)10-13(7-3)11(4)14(15)16/h12H,5-10H2,1-4H3,(H,15,16). The Labute approximate surface area is 99.7 Å². The molecule has 0 heterocycles. The molecule has 0 rings (SSSR count). The van der Waals surface area contributed by atoms with Crippen molar-refractivity contribution in [2.45, 2.75) is 66.2 Å². The van der Waals surface area contributed by atoms with Crippen molar-refractivity contribution in [1.29, 1.82) is 0 Å². The van der Waals surface area contributed by atoms with E-state index < -0.39 is 5.97 Å². The van der Waals surface area contributed by atoms with E-state index in [0.717, 1.165) is 24.8 Å². The third-order valence-electron chi connectivity index (χ3n) is 3.36. The summed E-state index contributed by atoms with van der Waals surface area (Å²) in [5, 5.41) is 8.99. The average molecular weight is 226 g/mol. The van der Waals surface area contributed by atoms with Crippen molar-refractivity contribution in [3.63, 3.8) is 0 Å². The topological polar surface area (TPSA) is 37.3 Å². The molecule has 0 aliphatic heterocycles. The molecule has 0 spiro atoms. The number of carbonyl (C=O) groups is 1. The number of unbranched alkanes of at least 4 members (excludes halogenated alkanes) is 1. The van der Waals surface area contributed by atoms with Crippen LogP contribution < -0.4 is 0 Å². The predicted molar refractivity (Wildman–Crippen MR) is 68.5 cm³/mol. The molecule has 0 aromatic rings. The molecule has 0 fully saturated rings. The molecular formula is C14H26O2. The van der Waals surface area contributed by atoms with Crippen LogP contribution in [-0.4, -0.2) is 11.1 Å². The first-order valence-corrected chi connectivity index (χ1v) is 6.48. The summed E-state index contributed by atoms with van der Waals surface area (Å²) in [6, 6.07) is 0. The molecule has 0 aliphatic carbocycles. The number of rotatable bonds is 8. The molecule has 0 amide bonds. The summed E-state index contributed by atoms with van der Waals surface area (Å²) < 4.78 is 0. The summed E-state index contributed by atoms with van der Waals surface area (Å²) in [4.78, 5) is 10.9. The Bertz CT molecular complexity index is 241. The summed E-state index contributed by atoms with van der Waals surface area (Å²) in [5.74, 6) is -0.105. The second-order valence-corrected chi connectivity index (χ2v) is 4.51. The van der Waals surface area contributed by atoms with E-state index >= 15 is 0 Å². The normalized spacial score (nSPS) is 14.5. The molecule has 16 heavy (non-hydrogen) atoms. The zero-order chi connectivity index (χ0) is 12.6. The number of carboxylic acid groups (broad SMARTS) is 1. The van der Waals surface area contributed by atoms with Gasteiger partial charge in [0.1, 0.15) is 0 Å². The van der Waals surface area contributed by atoms with Crippen LogP contribution in [0.1, 0.15) is 66.2 Å². The largest absolute Gasteiger partial charge is 0.478 e. The first kappa shape index (κ1) is 15.2. The number of hydrogen-bond donors (Lipinski definition) is 1. The molecule has 2 nitrogen and oxygen atoms in total. The van der Waals surface area contributed by atoms with Gasteiger partial charge < -0.3 is 5.11 Å². The van der Waals surface area contributed by atoms with Gasteiger partial charge in [0.15, 0.2) is 0 Å². The van der Waals surface area contributed by atoms with Gasteiger partial charge in [0.2, 0.25) is 0 Å². The van der Waals surface area contributed by atoms with E-state index in [0.29, 0.717) is 11.5 Å². The van der Waals surface area contributed by atoms with Crippen molar-refractivity contribution < 1.29 is 9.90 Å². The van der Waals surface area contributed by atoms with Gasteiger partial charge in [0, 0.05) is 5.57 Å². The molecule has 2 heteroatoms. The van der Waals surface area contributed by atoms with Crippen molar-refractivity contribution in [2.75, 3.05) is 0 Å². The van der Waals surface area contributed by atoms with Gasteiger partial charge in [-0.3, -0.25) is 0 Å². The zero-order valence-corrected chi connectivity index (χ0v) is 11.2. The first-order valence-electron chi connectivity index (χ1n) is 6.48. The Kier molecular flexibility index (Phi) is 7.96. The summed E-state index contributed by atoms with van der Waals surface area (Å²) in [6.07, 6.45) is 6.67. The minimum Gasteiger partial charge on any atom is -0.478 e. The van der Waals surface area contributed by atoms with Crippen molar-refractivity contribution in [1.82, 2.24) is 0 Å². The van der Waals surface area contributed by atoms with Gasteiger partial charge in [-0.15, -0.1) is 0 Å². The van der Waals surface area contributed by atoms with Crippen LogP contribution in [0.4, 0.5) is 0 Å². The molecule has 1 N–H and O–H groups in total. The highest BCUT2D eigenvalue weighted by Crippen LogP contribution is 2.25. The van der Waals surface area contributed by atoms with Gasteiger partial charge in [-0.2, -0.15) is 0 Å². The van der Waals surface area contributed by atoms with Gasteiger partial charge in [-0.05, 0) is 25.7 Å². The van der Waals surface area contributed by atoms with Crippen LogP contribution in [0, 0.1) is 5.92 Å². The highest BCUT2D eigenvalue weighted by Gasteiger charge is 2.13. The Morgan fingerprint density at radius 2 is 1.88 bits per heavy atom. The monoisotopic (exact) mass is 226 g/mol. The summed E-state index contributed by atoms with van der Waals surface area (Å²) in [6.45, 7) is 8.18. The van der Waals surface area contributed by atoms with Crippen molar-refractivity contribution in [2.24, 2.45) is 5.92 Å². The highest BCUT2D eigenvalue weighted by molar-refractivity contribution is 5.86. The zero-order valence-electron chi connectivity index (χ0n) is 11.2. The van der Waals surface area contributed by atoms with E-state index in [2.05, 4.69) is 13.8 Å². The van der Waals surface area contributed by atoms with E-state index in [-0.39, 0.29) is 0 Å². The maximum atomic E-state index is 10.9. The molecule has 0 saturated heterocycles. The minimum absolute atomic E-state index is 0.553. The quantitative estimate of drug-likeness (QED) is 0.623. The van der Waals surface area contributed by atoms with Crippen LogP contribution in [0.25, 0.3) is 0 Å². The molecule has 94 valence electrons. The lowest BCUT2D eigenvalue weighted by Gasteiger charge is -2.17. The maximum Gasteiger partial charge on any atom is 0.331 e. The van der Waals surface area contributed by atoms with Gasteiger partial charge in [0.05, 0.1) is 0 Å². The molecule has 1 atom stereocenters. The third kappa shape index (κ3) is 5.34. The lowest BCUT2D eigenvalue weighted by Crippen LogP contribution is -2.06. The van der Waals surface area contributed by atoms with Crippen molar-refractivity contribution >= 4 is 5.97 Å². The number of aliphatic carboxylic acids is 1. The Morgan fingerprint density at radius 3 is 2.25 bits per heavy atom. The highest BCUT2D eigenvalue weighted by atomic mass is 16.4. The van der Waals surface area contributed by atoms with Gasteiger partial charge in [-0.1, -0.05) is 52.0 Å². The number of carboxylic acids is 1. The third-order valence-corrected chi connectivity index (χ3v) is 3.36. The summed E-state index contributed by atoms with van der Waals surface area (Å²) in [7, 11) is 0. The van der Waals surface area contributed by atoms with E-state index in [9.17, 15) is 4.79 Å². The number of hydrogen-bond acceptors (Lipinski definition) is 1. The van der Waals surface area contributed by atoms with Crippen molar-refractivity contribution in [3.8, 4) is 0 Å². The number of allylic oxidation sites excluding steroid dienone is 1. The maximum absolute atomic E-state index is 10.9. The Hall–Kier alpha value is -0.790. The average Bonchev–Trinajstić information content (AvgIpc) is 2.28. The molecule has 0 bridgehead atoms. The van der Waals surface area contributed by atoms with E-state index in [4.69, 9.17) is 5.11 Å². The second-order valence-electron chi connectivity index (χ2n) is 4.51. The summed E-state index contributed by atoms with van der Waals surface area (Å²) in [5.41, 5.74) is 1.67. The van der Waals surface area contributed by atoms with Crippen LogP contribution in [0.15, 0.2) is 11.1 Å². The van der Waals surface area contributed by atoms with Crippen molar-refractivity contribution in [3.05, 3.63) is 11.1 Å². The Balaban J connectivity index is 4.50. The SMILES string of the molecule is CCCCC(CC)CC(CC)=C(C)C(=O)O.